The summed E-state index contributed by atoms with van der Waals surface area (Å²) in [6.07, 6.45) is 5.27. The van der Waals surface area contributed by atoms with Crippen molar-refractivity contribution in [1.82, 2.24) is 4.98 Å². The predicted molar refractivity (Wildman–Crippen MR) is 76.3 cm³/mol. The molecule has 2 aromatic rings. The molecule has 96 valence electrons. The van der Waals surface area contributed by atoms with Crippen LogP contribution in [0.4, 0.5) is 5.13 Å². The van der Waals surface area contributed by atoms with E-state index in [4.69, 9.17) is 4.74 Å². The van der Waals surface area contributed by atoms with Crippen molar-refractivity contribution in [2.24, 2.45) is 0 Å². The Hall–Kier alpha value is -1.13. The Morgan fingerprint density at radius 3 is 3.11 bits per heavy atom. The predicted octanol–water partition coefficient (Wildman–Crippen LogP) is 3.67. The second kappa shape index (κ2) is 5.67. The summed E-state index contributed by atoms with van der Waals surface area (Å²) in [4.78, 5) is 4.56. The second-order valence-corrected chi connectivity index (χ2v) is 5.72. The first kappa shape index (κ1) is 11.9. The molecule has 1 unspecified atom stereocenters. The third-order valence-electron chi connectivity index (χ3n) is 3.31. The second-order valence-electron chi connectivity index (χ2n) is 4.69. The van der Waals surface area contributed by atoms with E-state index < -0.39 is 0 Å². The van der Waals surface area contributed by atoms with Gasteiger partial charge in [0.1, 0.15) is 0 Å². The monoisotopic (exact) mass is 262 g/mol. The Bertz CT molecular complexity index is 472. The van der Waals surface area contributed by atoms with Gasteiger partial charge in [0, 0.05) is 13.2 Å². The summed E-state index contributed by atoms with van der Waals surface area (Å²) >= 11 is 1.72. The number of nitrogens with one attached hydrogen (secondary N) is 1. The first-order valence-corrected chi connectivity index (χ1v) is 7.44. The number of aromatic nitrogens is 1. The molecule has 0 spiro atoms. The molecule has 3 rings (SSSR count). The largest absolute Gasteiger partial charge is 0.378 e. The lowest BCUT2D eigenvalue weighted by atomic mass is 10.1. The van der Waals surface area contributed by atoms with E-state index in [1.165, 1.54) is 24.0 Å². The van der Waals surface area contributed by atoms with Gasteiger partial charge in [-0.2, -0.15) is 0 Å². The maximum absolute atomic E-state index is 5.72. The SMILES string of the molecule is c1ccc2sc(NCCC3CCCCO3)nc2c1. The molecule has 0 aliphatic carbocycles. The first-order valence-electron chi connectivity index (χ1n) is 6.63. The van der Waals surface area contributed by atoms with Gasteiger partial charge in [-0.05, 0) is 37.8 Å². The molecule has 0 radical (unpaired) electrons. The zero-order valence-electron chi connectivity index (χ0n) is 10.4. The van der Waals surface area contributed by atoms with E-state index in [-0.39, 0.29) is 0 Å². The van der Waals surface area contributed by atoms with E-state index in [9.17, 15) is 0 Å². The third-order valence-corrected chi connectivity index (χ3v) is 4.30. The van der Waals surface area contributed by atoms with Crippen LogP contribution in [0.2, 0.25) is 0 Å². The molecule has 1 aromatic carbocycles. The molecule has 0 saturated carbocycles. The molecule has 1 fully saturated rings. The minimum absolute atomic E-state index is 0.445. The van der Waals surface area contributed by atoms with Crippen LogP contribution in [0.5, 0.6) is 0 Å². The Morgan fingerprint density at radius 2 is 2.28 bits per heavy atom. The van der Waals surface area contributed by atoms with Gasteiger partial charge in [0.2, 0.25) is 0 Å². The fraction of sp³-hybridized carbons (Fsp3) is 0.500. The Kier molecular flexibility index (Phi) is 3.76. The lowest BCUT2D eigenvalue weighted by Gasteiger charge is -2.22. The number of thiazole rings is 1. The van der Waals surface area contributed by atoms with Crippen molar-refractivity contribution in [3.8, 4) is 0 Å². The molecule has 18 heavy (non-hydrogen) atoms. The van der Waals surface area contributed by atoms with Gasteiger partial charge in [-0.15, -0.1) is 0 Å². The van der Waals surface area contributed by atoms with E-state index in [0.29, 0.717) is 6.10 Å². The van der Waals surface area contributed by atoms with Crippen molar-refractivity contribution in [1.29, 1.82) is 0 Å². The summed E-state index contributed by atoms with van der Waals surface area (Å²) in [5.74, 6) is 0. The van der Waals surface area contributed by atoms with Crippen LogP contribution in [-0.4, -0.2) is 24.2 Å². The quantitative estimate of drug-likeness (QED) is 0.913. The Labute approximate surface area is 111 Å². The van der Waals surface area contributed by atoms with Gasteiger partial charge in [-0.1, -0.05) is 23.5 Å². The zero-order valence-corrected chi connectivity index (χ0v) is 11.2. The number of benzene rings is 1. The number of para-hydroxylation sites is 1. The van der Waals surface area contributed by atoms with Gasteiger partial charge in [0.15, 0.2) is 5.13 Å². The van der Waals surface area contributed by atoms with Gasteiger partial charge >= 0.3 is 0 Å². The lowest BCUT2D eigenvalue weighted by molar-refractivity contribution is 0.0134. The fourth-order valence-corrected chi connectivity index (χ4v) is 3.21. The van der Waals surface area contributed by atoms with E-state index in [0.717, 1.165) is 30.2 Å². The van der Waals surface area contributed by atoms with Crippen LogP contribution >= 0.6 is 11.3 Å². The van der Waals surface area contributed by atoms with Crippen LogP contribution in [0.15, 0.2) is 24.3 Å². The number of anilines is 1. The van der Waals surface area contributed by atoms with Crippen LogP contribution in [0.25, 0.3) is 10.2 Å². The molecular weight excluding hydrogens is 244 g/mol. The normalized spacial score (nSPS) is 20.1. The van der Waals surface area contributed by atoms with E-state index in [1.54, 1.807) is 11.3 Å². The number of rotatable bonds is 4. The molecule has 3 nitrogen and oxygen atoms in total. The third kappa shape index (κ3) is 2.82. The van der Waals surface area contributed by atoms with Crippen LogP contribution in [0, 0.1) is 0 Å². The van der Waals surface area contributed by atoms with Gasteiger partial charge in [0.25, 0.3) is 0 Å². The minimum atomic E-state index is 0.445. The highest BCUT2D eigenvalue weighted by Crippen LogP contribution is 2.25. The number of fused-ring (bicyclic) bond motifs is 1. The van der Waals surface area contributed by atoms with Crippen LogP contribution in [0.1, 0.15) is 25.7 Å². The van der Waals surface area contributed by atoms with Crippen LogP contribution in [0.3, 0.4) is 0 Å². The smallest absolute Gasteiger partial charge is 0.183 e. The average Bonchev–Trinajstić information content (AvgIpc) is 2.82. The summed E-state index contributed by atoms with van der Waals surface area (Å²) in [6, 6.07) is 8.26. The lowest BCUT2D eigenvalue weighted by Crippen LogP contribution is -2.21. The summed E-state index contributed by atoms with van der Waals surface area (Å²) in [7, 11) is 0. The van der Waals surface area contributed by atoms with E-state index in [1.807, 2.05) is 6.07 Å². The van der Waals surface area contributed by atoms with Crippen LogP contribution in [-0.2, 0) is 4.74 Å². The Balaban J connectivity index is 1.53. The molecule has 2 heterocycles. The van der Waals surface area contributed by atoms with Crippen molar-refractivity contribution >= 4 is 26.7 Å². The molecule has 0 amide bonds. The maximum Gasteiger partial charge on any atom is 0.183 e. The van der Waals surface area contributed by atoms with Crippen molar-refractivity contribution in [3.05, 3.63) is 24.3 Å². The first-order chi connectivity index (χ1) is 8.92. The van der Waals surface area contributed by atoms with Gasteiger partial charge in [-0.25, -0.2) is 4.98 Å². The average molecular weight is 262 g/mol. The van der Waals surface area contributed by atoms with Gasteiger partial charge < -0.3 is 10.1 Å². The van der Waals surface area contributed by atoms with Crippen molar-refractivity contribution in [3.63, 3.8) is 0 Å². The number of hydrogen-bond acceptors (Lipinski definition) is 4. The van der Waals surface area contributed by atoms with E-state index in [2.05, 4.69) is 28.5 Å². The number of ether oxygens (including phenoxy) is 1. The topological polar surface area (TPSA) is 34.1 Å². The number of nitrogens with zero attached hydrogens (tertiary/aromatic N) is 1. The van der Waals surface area contributed by atoms with Gasteiger partial charge in [0.05, 0.1) is 16.3 Å². The minimum Gasteiger partial charge on any atom is -0.378 e. The maximum atomic E-state index is 5.72. The van der Waals surface area contributed by atoms with Crippen molar-refractivity contribution < 1.29 is 4.74 Å². The summed E-state index contributed by atoms with van der Waals surface area (Å²) in [5, 5.41) is 4.43. The highest BCUT2D eigenvalue weighted by atomic mass is 32.1. The molecule has 1 atom stereocenters. The van der Waals surface area contributed by atoms with Crippen molar-refractivity contribution in [2.75, 3.05) is 18.5 Å². The van der Waals surface area contributed by atoms with Crippen molar-refractivity contribution in [2.45, 2.75) is 31.8 Å². The highest BCUT2D eigenvalue weighted by Gasteiger charge is 2.13. The highest BCUT2D eigenvalue weighted by molar-refractivity contribution is 7.22. The van der Waals surface area contributed by atoms with Gasteiger partial charge in [-0.3, -0.25) is 0 Å². The molecule has 1 aliphatic rings. The molecular formula is C14H18N2OS. The number of hydrogen-bond donors (Lipinski definition) is 1. The van der Waals surface area contributed by atoms with Crippen LogP contribution < -0.4 is 5.32 Å². The summed E-state index contributed by atoms with van der Waals surface area (Å²) < 4.78 is 6.96. The fourth-order valence-electron chi connectivity index (χ4n) is 2.32. The molecule has 1 aromatic heterocycles. The Morgan fingerprint density at radius 1 is 1.33 bits per heavy atom. The molecule has 1 aliphatic heterocycles. The van der Waals surface area contributed by atoms with E-state index >= 15 is 0 Å². The molecule has 0 bridgehead atoms. The summed E-state index contributed by atoms with van der Waals surface area (Å²) in [6.45, 7) is 1.89. The summed E-state index contributed by atoms with van der Waals surface area (Å²) in [5.41, 5.74) is 1.08. The molecule has 1 saturated heterocycles. The standard InChI is InChI=1S/C14H18N2OS/c1-2-7-13-12(6-1)16-14(18-13)15-9-8-11-5-3-4-10-17-11/h1-2,6-7,11H,3-5,8-10H2,(H,15,16). The molecule has 1 N–H and O–H groups in total. The zero-order chi connectivity index (χ0) is 12.2. The molecule has 4 heteroatoms.